The Balaban J connectivity index is 2.14. The molecule has 0 atom stereocenters. The van der Waals surface area contributed by atoms with Gasteiger partial charge in [0.1, 0.15) is 11.4 Å². The predicted octanol–water partition coefficient (Wildman–Crippen LogP) is 2.37. The molecule has 0 saturated carbocycles. The van der Waals surface area contributed by atoms with Crippen molar-refractivity contribution in [2.24, 2.45) is 0 Å². The zero-order valence-electron chi connectivity index (χ0n) is 11.7. The van der Waals surface area contributed by atoms with Crippen molar-refractivity contribution in [1.82, 2.24) is 10.2 Å². The lowest BCUT2D eigenvalue weighted by Gasteiger charge is -2.08. The Labute approximate surface area is 121 Å². The third-order valence-corrected chi connectivity index (χ3v) is 3.52. The van der Waals surface area contributed by atoms with Crippen LogP contribution in [0.5, 0.6) is 5.75 Å². The number of hydrogen-bond acceptors (Lipinski definition) is 3. The second kappa shape index (κ2) is 4.94. The highest BCUT2D eigenvalue weighted by atomic mass is 16.5. The molecule has 106 valence electrons. The van der Waals surface area contributed by atoms with Crippen LogP contribution in [0, 0.1) is 0 Å². The molecule has 2 aromatic carbocycles. The molecule has 5 nitrogen and oxygen atoms in total. The maximum Gasteiger partial charge on any atom is 0.328 e. The highest BCUT2D eigenvalue weighted by molar-refractivity contribution is 6.14. The van der Waals surface area contributed by atoms with Gasteiger partial charge in [-0.15, -0.1) is 0 Å². The molecule has 0 unspecified atom stereocenters. The van der Waals surface area contributed by atoms with Crippen LogP contribution in [-0.2, 0) is 4.79 Å². The van der Waals surface area contributed by atoms with E-state index in [4.69, 9.17) is 4.74 Å². The van der Waals surface area contributed by atoms with E-state index >= 15 is 0 Å². The molecule has 1 saturated heterocycles. The molecule has 0 radical (unpaired) electrons. The summed E-state index contributed by atoms with van der Waals surface area (Å²) >= 11 is 0. The van der Waals surface area contributed by atoms with Crippen molar-refractivity contribution in [3.05, 3.63) is 47.7 Å². The Morgan fingerprint density at radius 2 is 1.81 bits per heavy atom. The van der Waals surface area contributed by atoms with Crippen LogP contribution >= 0.6 is 0 Å². The highest BCUT2D eigenvalue weighted by Gasteiger charge is 2.30. The fourth-order valence-corrected chi connectivity index (χ4v) is 2.38. The van der Waals surface area contributed by atoms with Crippen molar-refractivity contribution in [3.63, 3.8) is 0 Å². The molecule has 0 aliphatic carbocycles. The van der Waals surface area contributed by atoms with E-state index < -0.39 is 6.03 Å². The van der Waals surface area contributed by atoms with Crippen LogP contribution in [0.2, 0.25) is 0 Å². The molecule has 0 bridgehead atoms. The van der Waals surface area contributed by atoms with E-state index in [2.05, 4.69) is 5.32 Å². The monoisotopic (exact) mass is 282 g/mol. The zero-order chi connectivity index (χ0) is 15.0. The first kappa shape index (κ1) is 13.2. The minimum atomic E-state index is -0.413. The molecule has 1 aliphatic rings. The largest absolute Gasteiger partial charge is 0.496 e. The molecule has 1 fully saturated rings. The van der Waals surface area contributed by atoms with Gasteiger partial charge in [-0.05, 0) is 23.1 Å². The second-order valence-corrected chi connectivity index (χ2v) is 4.75. The quantitative estimate of drug-likeness (QED) is 0.679. The van der Waals surface area contributed by atoms with E-state index in [1.54, 1.807) is 13.2 Å². The molecular formula is C16H14N2O3. The summed E-state index contributed by atoms with van der Waals surface area (Å²) < 4.78 is 5.34. The summed E-state index contributed by atoms with van der Waals surface area (Å²) in [6.07, 6.45) is 1.69. The number of likely N-dealkylation sites (N-methyl/N-ethyl adjacent to an activating group) is 1. The summed E-state index contributed by atoms with van der Waals surface area (Å²) in [6.45, 7) is 0. The van der Waals surface area contributed by atoms with Gasteiger partial charge in [-0.1, -0.05) is 30.3 Å². The third-order valence-electron chi connectivity index (χ3n) is 3.52. The smallest absolute Gasteiger partial charge is 0.328 e. The van der Waals surface area contributed by atoms with Crippen LogP contribution in [0.25, 0.3) is 16.8 Å². The van der Waals surface area contributed by atoms with E-state index in [9.17, 15) is 9.59 Å². The summed E-state index contributed by atoms with van der Waals surface area (Å²) in [5.74, 6) is 0.437. The van der Waals surface area contributed by atoms with Gasteiger partial charge in [-0.3, -0.25) is 9.69 Å². The van der Waals surface area contributed by atoms with Gasteiger partial charge in [-0.2, -0.15) is 0 Å². The maximum atomic E-state index is 11.9. The van der Waals surface area contributed by atoms with Crippen molar-refractivity contribution in [1.29, 1.82) is 0 Å². The average Bonchev–Trinajstić information content (AvgIpc) is 2.75. The third kappa shape index (κ3) is 2.12. The first-order chi connectivity index (χ1) is 10.1. The molecule has 3 rings (SSSR count). The molecule has 1 heterocycles. The molecule has 0 spiro atoms. The standard InChI is InChI=1S/C16H14N2O3/c1-18-15(19)13(17-16(18)20)9-10-7-8-14(21-2)12-6-4-3-5-11(10)12/h3-9H,1-2H3,(H,17,20). The maximum absolute atomic E-state index is 11.9. The fourth-order valence-electron chi connectivity index (χ4n) is 2.38. The Morgan fingerprint density at radius 1 is 1.10 bits per heavy atom. The molecule has 3 amide bonds. The van der Waals surface area contributed by atoms with Gasteiger partial charge in [0, 0.05) is 12.4 Å². The van der Waals surface area contributed by atoms with Crippen molar-refractivity contribution in [2.75, 3.05) is 14.2 Å². The fraction of sp³-hybridized carbons (Fsp3) is 0.125. The molecule has 5 heteroatoms. The van der Waals surface area contributed by atoms with Crippen LogP contribution in [0.1, 0.15) is 5.56 Å². The molecule has 1 N–H and O–H groups in total. The van der Waals surface area contributed by atoms with Crippen LogP contribution in [0.4, 0.5) is 4.79 Å². The van der Waals surface area contributed by atoms with Crippen molar-refractivity contribution in [2.45, 2.75) is 0 Å². The minimum Gasteiger partial charge on any atom is -0.496 e. The van der Waals surface area contributed by atoms with Crippen molar-refractivity contribution >= 4 is 28.8 Å². The Kier molecular flexibility index (Phi) is 3.10. The van der Waals surface area contributed by atoms with Crippen LogP contribution in [-0.4, -0.2) is 31.0 Å². The number of nitrogens with one attached hydrogen (secondary N) is 1. The summed E-state index contributed by atoms with van der Waals surface area (Å²) in [4.78, 5) is 24.5. The topological polar surface area (TPSA) is 58.6 Å². The highest BCUT2D eigenvalue weighted by Crippen LogP contribution is 2.29. The number of carbonyl (C=O) groups is 2. The Hall–Kier alpha value is -2.82. The molecular weight excluding hydrogens is 268 g/mol. The number of nitrogens with zero attached hydrogens (tertiary/aromatic N) is 1. The lowest BCUT2D eigenvalue weighted by atomic mass is 10.0. The summed E-state index contributed by atoms with van der Waals surface area (Å²) in [5, 5.41) is 4.48. The number of methoxy groups -OCH3 is 1. The normalized spacial score (nSPS) is 16.7. The number of carbonyl (C=O) groups excluding carboxylic acids is 2. The molecule has 0 aromatic heterocycles. The zero-order valence-corrected chi connectivity index (χ0v) is 11.7. The van der Waals surface area contributed by atoms with Gasteiger partial charge in [0.2, 0.25) is 0 Å². The number of hydrogen-bond donors (Lipinski definition) is 1. The van der Waals surface area contributed by atoms with Crippen molar-refractivity contribution in [3.8, 4) is 5.75 Å². The lowest BCUT2D eigenvalue weighted by Crippen LogP contribution is -2.25. The van der Waals surface area contributed by atoms with Crippen LogP contribution < -0.4 is 10.1 Å². The Bertz CT molecular complexity index is 780. The minimum absolute atomic E-state index is 0.276. The van der Waals surface area contributed by atoms with Gasteiger partial charge < -0.3 is 10.1 Å². The molecule has 1 aliphatic heterocycles. The van der Waals surface area contributed by atoms with E-state index in [0.717, 1.165) is 27.0 Å². The van der Waals surface area contributed by atoms with Gasteiger partial charge >= 0.3 is 6.03 Å². The van der Waals surface area contributed by atoms with Gasteiger partial charge in [0.25, 0.3) is 5.91 Å². The first-order valence-electron chi connectivity index (χ1n) is 6.48. The number of imide groups is 1. The van der Waals surface area contributed by atoms with E-state index in [1.807, 2.05) is 36.4 Å². The van der Waals surface area contributed by atoms with E-state index in [-0.39, 0.29) is 11.6 Å². The van der Waals surface area contributed by atoms with Gasteiger partial charge in [0.15, 0.2) is 0 Å². The molecule has 2 aromatic rings. The number of benzene rings is 2. The SMILES string of the molecule is COc1ccc(C=C2NC(=O)N(C)C2=O)c2ccccc12. The van der Waals surface area contributed by atoms with Crippen LogP contribution in [0.15, 0.2) is 42.1 Å². The Morgan fingerprint density at radius 3 is 2.43 bits per heavy atom. The number of urea groups is 1. The summed E-state index contributed by atoms with van der Waals surface area (Å²) in [6, 6.07) is 11.1. The average molecular weight is 282 g/mol. The number of fused-ring (bicyclic) bond motifs is 1. The summed E-state index contributed by atoms with van der Waals surface area (Å²) in [5.41, 5.74) is 1.13. The van der Waals surface area contributed by atoms with Crippen molar-refractivity contribution < 1.29 is 14.3 Å². The second-order valence-electron chi connectivity index (χ2n) is 4.75. The van der Waals surface area contributed by atoms with Gasteiger partial charge in [0.05, 0.1) is 7.11 Å². The predicted molar refractivity (Wildman–Crippen MR) is 79.8 cm³/mol. The van der Waals surface area contributed by atoms with E-state index in [0.29, 0.717) is 0 Å². The van der Waals surface area contributed by atoms with Gasteiger partial charge in [-0.25, -0.2) is 4.79 Å². The lowest BCUT2D eigenvalue weighted by molar-refractivity contribution is -0.121. The number of amides is 3. The number of rotatable bonds is 2. The van der Waals surface area contributed by atoms with Crippen LogP contribution in [0.3, 0.4) is 0 Å². The molecule has 21 heavy (non-hydrogen) atoms. The summed E-state index contributed by atoms with van der Waals surface area (Å²) in [7, 11) is 3.07. The number of ether oxygens (including phenoxy) is 1. The first-order valence-corrected chi connectivity index (χ1v) is 6.48. The van der Waals surface area contributed by atoms with E-state index in [1.165, 1.54) is 7.05 Å².